The van der Waals surface area contributed by atoms with Crippen LogP contribution in [0.2, 0.25) is 0 Å². The number of H-pyrrole nitrogens is 1. The van der Waals surface area contributed by atoms with Crippen LogP contribution in [0.15, 0.2) is 6.20 Å². The molecule has 0 bridgehead atoms. The van der Waals surface area contributed by atoms with Crippen LogP contribution in [0.25, 0.3) is 0 Å². The molecular weight excluding hydrogens is 234 g/mol. The zero-order chi connectivity index (χ0) is 13.2. The smallest absolute Gasteiger partial charge is 0.303 e. The quantitative estimate of drug-likeness (QED) is 0.730. The maximum atomic E-state index is 11.9. The third-order valence-electron chi connectivity index (χ3n) is 3.64. The monoisotopic (exact) mass is 251 g/mol. The number of aryl methyl sites for hydroxylation is 1. The van der Waals surface area contributed by atoms with Crippen molar-refractivity contribution in [3.8, 4) is 0 Å². The van der Waals surface area contributed by atoms with Gasteiger partial charge in [0.2, 0.25) is 0 Å². The lowest BCUT2D eigenvalue weighted by Gasteiger charge is -2.40. The van der Waals surface area contributed by atoms with Crippen molar-refractivity contribution >= 4 is 11.9 Å². The fraction of sp³-hybridized carbons (Fsp3) is 0.583. The van der Waals surface area contributed by atoms with Crippen LogP contribution >= 0.6 is 0 Å². The van der Waals surface area contributed by atoms with Gasteiger partial charge in [0.05, 0.1) is 18.2 Å². The minimum absolute atomic E-state index is 0.123. The molecule has 98 valence electrons. The second-order valence-corrected chi connectivity index (χ2v) is 5.02. The van der Waals surface area contributed by atoms with E-state index in [1.165, 1.54) is 6.20 Å². The molecule has 1 heterocycles. The Bertz CT molecular complexity index is 463. The number of hydrogen-bond acceptors (Lipinski definition) is 3. The molecule has 1 aromatic rings. The highest BCUT2D eigenvalue weighted by atomic mass is 16.4. The Morgan fingerprint density at radius 1 is 1.56 bits per heavy atom. The van der Waals surface area contributed by atoms with E-state index in [1.807, 2.05) is 0 Å². The van der Waals surface area contributed by atoms with E-state index in [9.17, 15) is 9.59 Å². The summed E-state index contributed by atoms with van der Waals surface area (Å²) in [5.74, 6) is -0.999. The molecule has 0 saturated heterocycles. The Labute approximate surface area is 105 Å². The lowest BCUT2D eigenvalue weighted by atomic mass is 9.66. The van der Waals surface area contributed by atoms with Crippen LogP contribution in [0.5, 0.6) is 0 Å². The highest BCUT2D eigenvalue weighted by Crippen LogP contribution is 2.43. The van der Waals surface area contributed by atoms with Gasteiger partial charge >= 0.3 is 5.97 Å². The maximum Gasteiger partial charge on any atom is 0.303 e. The summed E-state index contributed by atoms with van der Waals surface area (Å²) in [4.78, 5) is 22.7. The lowest BCUT2D eigenvalue weighted by Crippen LogP contribution is -2.43. The molecule has 1 amide bonds. The summed E-state index contributed by atoms with van der Waals surface area (Å²) in [5.41, 5.74) is 0.979. The van der Waals surface area contributed by atoms with Gasteiger partial charge in [-0.15, -0.1) is 0 Å². The number of rotatable bonds is 5. The molecule has 0 atom stereocenters. The second kappa shape index (κ2) is 4.80. The van der Waals surface area contributed by atoms with Crippen molar-refractivity contribution in [2.75, 3.05) is 6.54 Å². The van der Waals surface area contributed by atoms with Crippen LogP contribution in [0.1, 0.15) is 41.7 Å². The molecule has 2 rings (SSSR count). The Hall–Kier alpha value is -1.85. The van der Waals surface area contributed by atoms with Crippen LogP contribution in [0, 0.1) is 12.3 Å². The first kappa shape index (κ1) is 12.6. The van der Waals surface area contributed by atoms with Crippen LogP contribution in [-0.2, 0) is 4.79 Å². The zero-order valence-electron chi connectivity index (χ0n) is 10.3. The fourth-order valence-electron chi connectivity index (χ4n) is 2.36. The Morgan fingerprint density at radius 2 is 2.28 bits per heavy atom. The lowest BCUT2D eigenvalue weighted by molar-refractivity contribution is -0.141. The van der Waals surface area contributed by atoms with E-state index in [0.29, 0.717) is 17.8 Å². The molecular formula is C12H17N3O3. The number of hydrogen-bond donors (Lipinski definition) is 3. The van der Waals surface area contributed by atoms with Gasteiger partial charge in [0.15, 0.2) is 0 Å². The van der Waals surface area contributed by atoms with E-state index in [2.05, 4.69) is 15.5 Å². The van der Waals surface area contributed by atoms with Crippen LogP contribution in [0.3, 0.4) is 0 Å². The first-order chi connectivity index (χ1) is 8.52. The number of aromatic amines is 1. The Kier molecular flexibility index (Phi) is 3.36. The summed E-state index contributed by atoms with van der Waals surface area (Å²) in [5, 5.41) is 18.2. The molecule has 0 unspecified atom stereocenters. The number of carbonyl (C=O) groups is 2. The number of nitrogens with zero attached hydrogens (tertiary/aromatic N) is 1. The molecule has 6 heteroatoms. The number of amides is 1. The number of carboxylic acids is 1. The van der Waals surface area contributed by atoms with Gasteiger partial charge in [-0.3, -0.25) is 14.7 Å². The number of carboxylic acid groups (broad SMARTS) is 1. The minimum atomic E-state index is -0.802. The van der Waals surface area contributed by atoms with Crippen LogP contribution in [-0.4, -0.2) is 33.7 Å². The standard InChI is InChI=1S/C12H17N3O3/c1-8-9(6-14-15-8)11(18)13-7-12(3-2-4-12)5-10(16)17/h6H,2-5,7H2,1H3,(H,13,18)(H,14,15)(H,16,17). The highest BCUT2D eigenvalue weighted by Gasteiger charge is 2.39. The van der Waals surface area contributed by atoms with Crippen molar-refractivity contribution in [3.05, 3.63) is 17.5 Å². The van der Waals surface area contributed by atoms with E-state index in [1.54, 1.807) is 6.92 Å². The molecule has 1 aliphatic rings. The van der Waals surface area contributed by atoms with Crippen molar-refractivity contribution in [1.82, 2.24) is 15.5 Å². The second-order valence-electron chi connectivity index (χ2n) is 5.02. The largest absolute Gasteiger partial charge is 0.481 e. The van der Waals surface area contributed by atoms with Gasteiger partial charge in [-0.05, 0) is 25.2 Å². The predicted octanol–water partition coefficient (Wildman–Crippen LogP) is 1.09. The van der Waals surface area contributed by atoms with E-state index in [0.717, 1.165) is 19.3 Å². The molecule has 1 fully saturated rings. The van der Waals surface area contributed by atoms with Gasteiger partial charge in [0, 0.05) is 12.2 Å². The third kappa shape index (κ3) is 2.52. The predicted molar refractivity (Wildman–Crippen MR) is 64.2 cm³/mol. The van der Waals surface area contributed by atoms with E-state index < -0.39 is 5.97 Å². The summed E-state index contributed by atoms with van der Waals surface area (Å²) < 4.78 is 0. The maximum absolute atomic E-state index is 11.9. The number of aliphatic carboxylic acids is 1. The highest BCUT2D eigenvalue weighted by molar-refractivity contribution is 5.95. The van der Waals surface area contributed by atoms with E-state index in [-0.39, 0.29) is 17.7 Å². The van der Waals surface area contributed by atoms with Gasteiger partial charge in [-0.1, -0.05) is 6.42 Å². The van der Waals surface area contributed by atoms with Crippen molar-refractivity contribution in [2.45, 2.75) is 32.6 Å². The zero-order valence-corrected chi connectivity index (χ0v) is 10.3. The van der Waals surface area contributed by atoms with Gasteiger partial charge < -0.3 is 10.4 Å². The van der Waals surface area contributed by atoms with Crippen LogP contribution < -0.4 is 5.32 Å². The molecule has 3 N–H and O–H groups in total. The van der Waals surface area contributed by atoms with E-state index in [4.69, 9.17) is 5.11 Å². The fourth-order valence-corrected chi connectivity index (χ4v) is 2.36. The molecule has 1 aromatic heterocycles. The molecule has 0 aliphatic heterocycles. The SMILES string of the molecule is Cc1[nH]ncc1C(=O)NCC1(CC(=O)O)CCC1. The van der Waals surface area contributed by atoms with Crippen molar-refractivity contribution in [2.24, 2.45) is 5.41 Å². The van der Waals surface area contributed by atoms with Crippen molar-refractivity contribution in [3.63, 3.8) is 0 Å². The molecule has 6 nitrogen and oxygen atoms in total. The van der Waals surface area contributed by atoms with Crippen molar-refractivity contribution < 1.29 is 14.7 Å². The van der Waals surface area contributed by atoms with Gasteiger partial charge in [-0.25, -0.2) is 0 Å². The minimum Gasteiger partial charge on any atom is -0.481 e. The average molecular weight is 251 g/mol. The summed E-state index contributed by atoms with van der Waals surface area (Å²) in [6, 6.07) is 0. The molecule has 1 saturated carbocycles. The first-order valence-electron chi connectivity index (χ1n) is 6.02. The normalized spacial score (nSPS) is 16.9. The summed E-state index contributed by atoms with van der Waals surface area (Å²) >= 11 is 0. The molecule has 1 aliphatic carbocycles. The topological polar surface area (TPSA) is 95.1 Å². The third-order valence-corrected chi connectivity index (χ3v) is 3.64. The first-order valence-corrected chi connectivity index (χ1v) is 6.02. The summed E-state index contributed by atoms with van der Waals surface area (Å²) in [7, 11) is 0. The Balaban J connectivity index is 1.93. The summed E-state index contributed by atoms with van der Waals surface area (Å²) in [6.45, 7) is 2.20. The number of nitrogens with one attached hydrogen (secondary N) is 2. The van der Waals surface area contributed by atoms with Crippen molar-refractivity contribution in [1.29, 1.82) is 0 Å². The van der Waals surface area contributed by atoms with E-state index >= 15 is 0 Å². The molecule has 0 aromatic carbocycles. The number of aromatic nitrogens is 2. The average Bonchev–Trinajstić information content (AvgIpc) is 2.67. The molecule has 0 radical (unpaired) electrons. The number of carbonyl (C=O) groups excluding carboxylic acids is 1. The summed E-state index contributed by atoms with van der Waals surface area (Å²) in [6.07, 6.45) is 4.37. The molecule has 0 spiro atoms. The Morgan fingerprint density at radius 3 is 2.72 bits per heavy atom. The van der Waals surface area contributed by atoms with Gasteiger partial charge in [-0.2, -0.15) is 5.10 Å². The van der Waals surface area contributed by atoms with Gasteiger partial charge in [0.1, 0.15) is 0 Å². The molecule has 18 heavy (non-hydrogen) atoms. The van der Waals surface area contributed by atoms with Gasteiger partial charge in [0.25, 0.3) is 5.91 Å². The van der Waals surface area contributed by atoms with Crippen LogP contribution in [0.4, 0.5) is 0 Å².